The maximum Gasteiger partial charge on any atom is 0.414 e. The van der Waals surface area contributed by atoms with E-state index in [0.29, 0.717) is 11.8 Å². The molecule has 0 aromatic rings. The van der Waals surface area contributed by atoms with E-state index in [-0.39, 0.29) is 6.09 Å². The predicted octanol–water partition coefficient (Wildman–Crippen LogP) is 3.17. The Kier molecular flexibility index (Phi) is 2.72. The van der Waals surface area contributed by atoms with Crippen molar-refractivity contribution in [2.45, 2.75) is 45.6 Å². The van der Waals surface area contributed by atoms with Crippen LogP contribution in [0.5, 0.6) is 0 Å². The van der Waals surface area contributed by atoms with Crippen LogP contribution in [0.2, 0.25) is 0 Å². The number of nitrogens with zero attached hydrogens (tertiary/aromatic N) is 1. The summed E-state index contributed by atoms with van der Waals surface area (Å²) in [6.45, 7) is 10.5. The van der Waals surface area contributed by atoms with Gasteiger partial charge in [-0.25, -0.2) is 4.79 Å². The van der Waals surface area contributed by atoms with Gasteiger partial charge in [-0.15, -0.1) is 0 Å². The maximum absolute atomic E-state index is 11.9. The third-order valence-corrected chi connectivity index (χ3v) is 3.46. The first-order chi connectivity index (χ1) is 7.38. The van der Waals surface area contributed by atoms with Gasteiger partial charge in [-0.1, -0.05) is 13.0 Å². The normalized spacial score (nSPS) is 29.4. The first kappa shape index (κ1) is 11.5. The fraction of sp³-hybridized carbons (Fsp3) is 0.769. The lowest BCUT2D eigenvalue weighted by Crippen LogP contribution is -2.34. The van der Waals surface area contributed by atoms with Crippen molar-refractivity contribution in [2.24, 2.45) is 11.8 Å². The van der Waals surface area contributed by atoms with E-state index < -0.39 is 5.60 Å². The molecule has 0 radical (unpaired) electrons. The fourth-order valence-electron chi connectivity index (χ4n) is 2.75. The molecule has 1 heterocycles. The number of likely N-dealkylation sites (tertiary alicyclic amines) is 1. The summed E-state index contributed by atoms with van der Waals surface area (Å²) in [5.74, 6) is 1.15. The van der Waals surface area contributed by atoms with Gasteiger partial charge in [-0.3, -0.25) is 4.90 Å². The topological polar surface area (TPSA) is 29.5 Å². The molecule has 1 amide bonds. The van der Waals surface area contributed by atoms with Gasteiger partial charge >= 0.3 is 6.09 Å². The van der Waals surface area contributed by atoms with Crippen molar-refractivity contribution < 1.29 is 9.53 Å². The molecule has 2 rings (SSSR count). The molecule has 0 spiro atoms. The number of amides is 1. The largest absolute Gasteiger partial charge is 0.443 e. The van der Waals surface area contributed by atoms with Crippen LogP contribution in [0.25, 0.3) is 0 Å². The van der Waals surface area contributed by atoms with Crippen molar-refractivity contribution in [3.8, 4) is 0 Å². The Morgan fingerprint density at radius 1 is 1.44 bits per heavy atom. The smallest absolute Gasteiger partial charge is 0.414 e. The minimum atomic E-state index is -0.422. The monoisotopic (exact) mass is 223 g/mol. The summed E-state index contributed by atoms with van der Waals surface area (Å²) in [6, 6.07) is 0. The van der Waals surface area contributed by atoms with Crippen LogP contribution >= 0.6 is 0 Å². The van der Waals surface area contributed by atoms with Crippen molar-refractivity contribution in [1.29, 1.82) is 0 Å². The number of carbonyl (C=O) groups is 1. The summed E-state index contributed by atoms with van der Waals surface area (Å²) < 4.78 is 5.38. The highest BCUT2D eigenvalue weighted by Gasteiger charge is 2.42. The molecule has 0 N–H and O–H groups in total. The molecule has 0 aromatic carbocycles. The molecule has 0 bridgehead atoms. The minimum Gasteiger partial charge on any atom is -0.443 e. The highest BCUT2D eigenvalue weighted by atomic mass is 16.6. The number of carbonyl (C=O) groups excluding carboxylic acids is 1. The van der Waals surface area contributed by atoms with Crippen molar-refractivity contribution in [2.75, 3.05) is 6.54 Å². The van der Waals surface area contributed by atoms with Crippen LogP contribution < -0.4 is 0 Å². The van der Waals surface area contributed by atoms with Gasteiger partial charge in [0.05, 0.1) is 0 Å². The van der Waals surface area contributed by atoms with E-state index in [1.165, 1.54) is 19.3 Å². The highest BCUT2D eigenvalue weighted by Crippen LogP contribution is 2.43. The molecule has 3 heteroatoms. The standard InChI is InChI=1S/C13H21NO2/c1-9-11-7-5-6-10(11)8-14(9)12(15)16-13(2,3)4/h10-11H,1,5-8H2,2-4H3. The van der Waals surface area contributed by atoms with Gasteiger partial charge in [0.15, 0.2) is 0 Å². The summed E-state index contributed by atoms with van der Waals surface area (Å²) in [5, 5.41) is 0. The summed E-state index contributed by atoms with van der Waals surface area (Å²) >= 11 is 0. The fourth-order valence-corrected chi connectivity index (χ4v) is 2.75. The van der Waals surface area contributed by atoms with Crippen LogP contribution in [0.15, 0.2) is 12.3 Å². The van der Waals surface area contributed by atoms with Crippen LogP contribution in [0, 0.1) is 11.8 Å². The van der Waals surface area contributed by atoms with Crippen molar-refractivity contribution in [3.63, 3.8) is 0 Å². The molecular weight excluding hydrogens is 202 g/mol. The minimum absolute atomic E-state index is 0.230. The van der Waals surface area contributed by atoms with Crippen molar-refractivity contribution in [1.82, 2.24) is 4.90 Å². The van der Waals surface area contributed by atoms with Crippen LogP contribution in [-0.2, 0) is 4.74 Å². The lowest BCUT2D eigenvalue weighted by molar-refractivity contribution is 0.0328. The second-order valence-corrected chi connectivity index (χ2v) is 5.88. The van der Waals surface area contributed by atoms with E-state index in [1.54, 1.807) is 4.90 Å². The van der Waals surface area contributed by atoms with E-state index in [0.717, 1.165) is 12.2 Å². The molecule has 2 atom stereocenters. The third-order valence-electron chi connectivity index (χ3n) is 3.46. The SMILES string of the molecule is C=C1C2CCCC2CN1C(=O)OC(C)(C)C. The van der Waals surface area contributed by atoms with E-state index in [4.69, 9.17) is 4.74 Å². The zero-order valence-electron chi connectivity index (χ0n) is 10.5. The number of allylic oxidation sites excluding steroid dienone is 1. The molecule has 2 unspecified atom stereocenters. The zero-order chi connectivity index (χ0) is 11.9. The van der Waals surface area contributed by atoms with Gasteiger partial charge in [-0.2, -0.15) is 0 Å². The van der Waals surface area contributed by atoms with Crippen LogP contribution in [0.1, 0.15) is 40.0 Å². The average molecular weight is 223 g/mol. The number of rotatable bonds is 0. The number of hydrogen-bond acceptors (Lipinski definition) is 2. The summed E-state index contributed by atoms with van der Waals surface area (Å²) in [4.78, 5) is 13.7. The Morgan fingerprint density at radius 3 is 2.69 bits per heavy atom. The molecule has 0 aromatic heterocycles. The van der Waals surface area contributed by atoms with Gasteiger partial charge in [0.25, 0.3) is 0 Å². The molecular formula is C13H21NO2. The van der Waals surface area contributed by atoms with Crippen LogP contribution in [0.4, 0.5) is 4.79 Å². The quantitative estimate of drug-likeness (QED) is 0.631. The molecule has 1 saturated heterocycles. The van der Waals surface area contributed by atoms with E-state index >= 15 is 0 Å². The van der Waals surface area contributed by atoms with E-state index in [1.807, 2.05) is 20.8 Å². The molecule has 1 saturated carbocycles. The maximum atomic E-state index is 11.9. The molecule has 3 nitrogen and oxygen atoms in total. The molecule has 90 valence electrons. The average Bonchev–Trinajstić information content (AvgIpc) is 2.66. The highest BCUT2D eigenvalue weighted by molar-refractivity contribution is 5.71. The van der Waals surface area contributed by atoms with Gasteiger partial charge in [-0.05, 0) is 39.5 Å². The molecule has 1 aliphatic heterocycles. The summed E-state index contributed by atoms with van der Waals surface area (Å²) in [5.41, 5.74) is 0.548. The van der Waals surface area contributed by atoms with E-state index in [9.17, 15) is 4.79 Å². The Bertz CT molecular complexity index is 316. The van der Waals surface area contributed by atoms with Gasteiger partial charge in [0, 0.05) is 18.2 Å². The van der Waals surface area contributed by atoms with Gasteiger partial charge in [0.2, 0.25) is 0 Å². The number of fused-ring (bicyclic) bond motifs is 1. The summed E-state index contributed by atoms with van der Waals surface area (Å²) in [6.07, 6.45) is 3.45. The Morgan fingerprint density at radius 2 is 2.12 bits per heavy atom. The van der Waals surface area contributed by atoms with Crippen molar-refractivity contribution >= 4 is 6.09 Å². The molecule has 2 fully saturated rings. The Hall–Kier alpha value is -0.990. The second-order valence-electron chi connectivity index (χ2n) is 5.88. The second kappa shape index (κ2) is 3.79. The predicted molar refractivity (Wildman–Crippen MR) is 62.9 cm³/mol. The van der Waals surface area contributed by atoms with E-state index in [2.05, 4.69) is 6.58 Å². The first-order valence-corrected chi connectivity index (χ1v) is 6.08. The van der Waals surface area contributed by atoms with Crippen LogP contribution in [-0.4, -0.2) is 23.1 Å². The molecule has 16 heavy (non-hydrogen) atoms. The lowest BCUT2D eigenvalue weighted by Gasteiger charge is -2.25. The van der Waals surface area contributed by atoms with Gasteiger partial charge < -0.3 is 4.74 Å². The first-order valence-electron chi connectivity index (χ1n) is 6.08. The van der Waals surface area contributed by atoms with Crippen molar-refractivity contribution in [3.05, 3.63) is 12.3 Å². The zero-order valence-corrected chi connectivity index (χ0v) is 10.5. The Labute approximate surface area is 97.5 Å². The van der Waals surface area contributed by atoms with Crippen LogP contribution in [0.3, 0.4) is 0 Å². The molecule has 1 aliphatic carbocycles. The molecule has 2 aliphatic rings. The summed E-state index contributed by atoms with van der Waals surface area (Å²) in [7, 11) is 0. The number of hydrogen-bond donors (Lipinski definition) is 0. The lowest BCUT2D eigenvalue weighted by atomic mass is 9.99. The number of ether oxygens (including phenoxy) is 1. The third kappa shape index (κ3) is 2.08. The Balaban J connectivity index is 2.02. The van der Waals surface area contributed by atoms with Gasteiger partial charge in [0.1, 0.15) is 5.60 Å².